The Morgan fingerprint density at radius 3 is 2.45 bits per heavy atom. The summed E-state index contributed by atoms with van der Waals surface area (Å²) in [5, 5.41) is 9.27. The van der Waals surface area contributed by atoms with Crippen LogP contribution in [0.25, 0.3) is 0 Å². The molecule has 1 fully saturated rings. The Morgan fingerprint density at radius 1 is 1.36 bits per heavy atom. The molecule has 1 aliphatic carbocycles. The Kier molecular flexibility index (Phi) is 4.64. The van der Waals surface area contributed by atoms with Gasteiger partial charge < -0.3 is 9.84 Å². The average molecular weight is 340 g/mol. The number of halogens is 3. The molecule has 2 N–H and O–H groups in total. The third-order valence-corrected chi connectivity index (χ3v) is 4.93. The van der Waals surface area contributed by atoms with E-state index in [4.69, 9.17) is 0 Å². The van der Waals surface area contributed by atoms with Crippen molar-refractivity contribution >= 4 is 10.0 Å². The average Bonchev–Trinajstić information content (AvgIpc) is 2.40. The second-order valence-electron chi connectivity index (χ2n) is 5.13. The maximum absolute atomic E-state index is 12.1. The molecule has 0 bridgehead atoms. The van der Waals surface area contributed by atoms with Gasteiger partial charge >= 0.3 is 6.18 Å². The van der Waals surface area contributed by atoms with Gasteiger partial charge in [-0.15, -0.1) is 0 Å². The SMILES string of the molecule is O=S(=O)(NC1(CO)CCC1)c1ccc(OCC(F)(F)F)nc1. The highest BCUT2D eigenvalue weighted by molar-refractivity contribution is 7.89. The standard InChI is InChI=1S/C12H15F3N2O4S/c13-12(14,15)8-21-10-3-2-9(6-16-10)22(19,20)17-11(7-18)4-1-5-11/h2-3,6,17-18H,1,4-5,7-8H2. The topological polar surface area (TPSA) is 88.5 Å². The van der Waals surface area contributed by atoms with Gasteiger partial charge in [0.05, 0.1) is 18.3 Å². The molecule has 0 radical (unpaired) electrons. The number of aliphatic hydroxyl groups excluding tert-OH is 1. The Bertz CT molecular complexity index is 607. The minimum Gasteiger partial charge on any atom is -0.468 e. The first-order chi connectivity index (χ1) is 10.2. The van der Waals surface area contributed by atoms with Crippen LogP contribution in [0.1, 0.15) is 19.3 Å². The van der Waals surface area contributed by atoms with Crippen LogP contribution in [0.2, 0.25) is 0 Å². The van der Waals surface area contributed by atoms with Crippen LogP contribution in [-0.2, 0) is 10.0 Å². The number of aliphatic hydroxyl groups is 1. The van der Waals surface area contributed by atoms with Gasteiger partial charge in [-0.1, -0.05) is 0 Å². The van der Waals surface area contributed by atoms with Gasteiger partial charge in [-0.3, -0.25) is 0 Å². The lowest BCUT2D eigenvalue weighted by Crippen LogP contribution is -2.55. The van der Waals surface area contributed by atoms with Crippen molar-refractivity contribution < 1.29 is 31.4 Å². The lowest BCUT2D eigenvalue weighted by atomic mass is 9.78. The van der Waals surface area contributed by atoms with Crippen molar-refractivity contribution in [2.45, 2.75) is 35.9 Å². The van der Waals surface area contributed by atoms with Crippen LogP contribution >= 0.6 is 0 Å². The van der Waals surface area contributed by atoms with E-state index >= 15 is 0 Å². The van der Waals surface area contributed by atoms with E-state index in [9.17, 15) is 26.7 Å². The molecule has 10 heteroatoms. The van der Waals surface area contributed by atoms with Gasteiger partial charge in [-0.2, -0.15) is 13.2 Å². The van der Waals surface area contributed by atoms with Gasteiger partial charge in [0.15, 0.2) is 6.61 Å². The molecule has 1 aromatic rings. The van der Waals surface area contributed by atoms with E-state index in [0.717, 1.165) is 24.8 Å². The molecule has 1 aliphatic rings. The summed E-state index contributed by atoms with van der Waals surface area (Å²) in [6, 6.07) is 2.15. The maximum atomic E-state index is 12.1. The van der Waals surface area contributed by atoms with Crippen LogP contribution in [-0.4, -0.2) is 43.4 Å². The summed E-state index contributed by atoms with van der Waals surface area (Å²) >= 11 is 0. The van der Waals surface area contributed by atoms with Gasteiger partial charge in [0.2, 0.25) is 15.9 Å². The second kappa shape index (κ2) is 6.01. The number of aromatic nitrogens is 1. The van der Waals surface area contributed by atoms with Crippen LogP contribution in [0.3, 0.4) is 0 Å². The van der Waals surface area contributed by atoms with E-state index in [1.807, 2.05) is 0 Å². The Hall–Kier alpha value is -1.39. The lowest BCUT2D eigenvalue weighted by molar-refractivity contribution is -0.154. The molecule has 6 nitrogen and oxygen atoms in total. The number of ether oxygens (including phenoxy) is 1. The first-order valence-electron chi connectivity index (χ1n) is 6.46. The van der Waals surface area contributed by atoms with Crippen LogP contribution < -0.4 is 9.46 Å². The zero-order chi connectivity index (χ0) is 16.4. The largest absolute Gasteiger partial charge is 0.468 e. The van der Waals surface area contributed by atoms with E-state index in [1.54, 1.807) is 0 Å². The summed E-state index contributed by atoms with van der Waals surface area (Å²) in [6.45, 7) is -1.82. The first-order valence-corrected chi connectivity index (χ1v) is 7.95. The number of pyridine rings is 1. The fraction of sp³-hybridized carbons (Fsp3) is 0.583. The van der Waals surface area contributed by atoms with Crippen molar-refractivity contribution in [1.29, 1.82) is 0 Å². The van der Waals surface area contributed by atoms with E-state index in [1.165, 1.54) is 0 Å². The van der Waals surface area contributed by atoms with Crippen molar-refractivity contribution in [3.05, 3.63) is 18.3 Å². The number of sulfonamides is 1. The van der Waals surface area contributed by atoms with Crippen molar-refractivity contribution in [2.75, 3.05) is 13.2 Å². The summed E-state index contributed by atoms with van der Waals surface area (Å²) in [4.78, 5) is 3.34. The van der Waals surface area contributed by atoms with E-state index < -0.39 is 28.3 Å². The van der Waals surface area contributed by atoms with Crippen molar-refractivity contribution in [3.63, 3.8) is 0 Å². The highest BCUT2D eigenvalue weighted by Gasteiger charge is 2.40. The number of hydrogen-bond donors (Lipinski definition) is 2. The van der Waals surface area contributed by atoms with Gasteiger partial charge in [0.25, 0.3) is 0 Å². The summed E-state index contributed by atoms with van der Waals surface area (Å²) in [6.07, 6.45) is -1.71. The summed E-state index contributed by atoms with van der Waals surface area (Å²) in [5.41, 5.74) is -0.857. The number of nitrogens with zero attached hydrogens (tertiary/aromatic N) is 1. The Morgan fingerprint density at radius 2 is 2.05 bits per heavy atom. The molecule has 0 aromatic carbocycles. The number of nitrogens with one attached hydrogen (secondary N) is 1. The molecule has 0 atom stereocenters. The zero-order valence-electron chi connectivity index (χ0n) is 11.4. The van der Waals surface area contributed by atoms with Crippen LogP contribution in [0.5, 0.6) is 5.88 Å². The quantitative estimate of drug-likeness (QED) is 0.813. The monoisotopic (exact) mass is 340 g/mol. The van der Waals surface area contributed by atoms with Crippen molar-refractivity contribution in [1.82, 2.24) is 9.71 Å². The molecule has 0 unspecified atom stereocenters. The van der Waals surface area contributed by atoms with Gasteiger partial charge in [-0.05, 0) is 25.3 Å². The molecule has 2 rings (SSSR count). The second-order valence-corrected chi connectivity index (χ2v) is 6.82. The van der Waals surface area contributed by atoms with Gasteiger partial charge in [0, 0.05) is 6.07 Å². The number of alkyl halides is 3. The van der Waals surface area contributed by atoms with E-state index in [-0.39, 0.29) is 17.4 Å². The summed E-state index contributed by atoms with van der Waals surface area (Å²) in [7, 11) is -3.90. The predicted octanol–water partition coefficient (Wildman–Crippen LogP) is 1.22. The van der Waals surface area contributed by atoms with Crippen LogP contribution in [0, 0.1) is 0 Å². The molecule has 0 aliphatic heterocycles. The summed E-state index contributed by atoms with van der Waals surface area (Å²) in [5.74, 6) is -0.322. The third-order valence-electron chi connectivity index (χ3n) is 3.37. The highest BCUT2D eigenvalue weighted by atomic mass is 32.2. The zero-order valence-corrected chi connectivity index (χ0v) is 12.2. The lowest BCUT2D eigenvalue weighted by Gasteiger charge is -2.40. The van der Waals surface area contributed by atoms with Crippen molar-refractivity contribution in [3.8, 4) is 5.88 Å². The Balaban J connectivity index is 2.06. The molecule has 124 valence electrons. The first kappa shape index (κ1) is 17.0. The predicted molar refractivity (Wildman–Crippen MR) is 69.8 cm³/mol. The summed E-state index contributed by atoms with van der Waals surface area (Å²) < 4.78 is 67.1. The van der Waals surface area contributed by atoms with Crippen LogP contribution in [0.4, 0.5) is 13.2 Å². The molecule has 0 saturated heterocycles. The minimum atomic E-state index is -4.49. The smallest absolute Gasteiger partial charge is 0.422 e. The van der Waals surface area contributed by atoms with E-state index in [2.05, 4.69) is 14.4 Å². The fourth-order valence-corrected chi connectivity index (χ4v) is 3.40. The molecular weight excluding hydrogens is 325 g/mol. The highest BCUT2D eigenvalue weighted by Crippen LogP contribution is 2.32. The number of rotatable bonds is 6. The molecular formula is C12H15F3N2O4S. The van der Waals surface area contributed by atoms with Crippen molar-refractivity contribution in [2.24, 2.45) is 0 Å². The Labute approximate surface area is 125 Å². The maximum Gasteiger partial charge on any atom is 0.422 e. The number of hydrogen-bond acceptors (Lipinski definition) is 5. The molecule has 1 heterocycles. The molecule has 0 amide bonds. The van der Waals surface area contributed by atoms with Gasteiger partial charge in [-0.25, -0.2) is 18.1 Å². The fourth-order valence-electron chi connectivity index (χ4n) is 2.01. The molecule has 22 heavy (non-hydrogen) atoms. The van der Waals surface area contributed by atoms with E-state index in [0.29, 0.717) is 12.8 Å². The molecule has 1 aromatic heterocycles. The molecule has 1 saturated carbocycles. The van der Waals surface area contributed by atoms with Gasteiger partial charge in [0.1, 0.15) is 4.90 Å². The van der Waals surface area contributed by atoms with Crippen LogP contribution in [0.15, 0.2) is 23.2 Å². The third kappa shape index (κ3) is 4.08. The normalized spacial score (nSPS) is 17.8. The minimum absolute atomic E-state index is 0.202. The molecule has 0 spiro atoms.